The van der Waals surface area contributed by atoms with Gasteiger partial charge in [-0.15, -0.1) is 0 Å². The second-order valence-electron chi connectivity index (χ2n) is 10.3. The van der Waals surface area contributed by atoms with Crippen molar-refractivity contribution in [3.63, 3.8) is 0 Å². The van der Waals surface area contributed by atoms with Crippen LogP contribution in [-0.2, 0) is 28.9 Å². The topological polar surface area (TPSA) is 142 Å². The summed E-state index contributed by atoms with van der Waals surface area (Å²) >= 11 is 1.22. The lowest BCUT2D eigenvalue weighted by Crippen LogP contribution is -2.30. The van der Waals surface area contributed by atoms with Crippen LogP contribution in [0, 0.1) is 0 Å². The Bertz CT molecular complexity index is 1500. The fraction of sp³-hybridized carbons (Fsp3) is 0.500. The van der Waals surface area contributed by atoms with Gasteiger partial charge in [0.25, 0.3) is 5.91 Å². The molecule has 2 atom stereocenters. The highest BCUT2D eigenvalue weighted by Gasteiger charge is 2.24. The largest absolute Gasteiger partial charge is 0.476 e. The van der Waals surface area contributed by atoms with E-state index >= 15 is 0 Å². The van der Waals surface area contributed by atoms with E-state index in [9.17, 15) is 13.2 Å². The maximum Gasteiger partial charge on any atom is 0.280 e. The number of benzene rings is 1. The molecule has 0 spiro atoms. The predicted molar refractivity (Wildman–Crippen MR) is 159 cm³/mol. The van der Waals surface area contributed by atoms with Gasteiger partial charge in [0.2, 0.25) is 5.88 Å². The summed E-state index contributed by atoms with van der Waals surface area (Å²) in [6, 6.07) is 9.98. The van der Waals surface area contributed by atoms with Crippen molar-refractivity contribution >= 4 is 48.3 Å². The van der Waals surface area contributed by atoms with Gasteiger partial charge >= 0.3 is 0 Å². The molecule has 1 N–H and O–H groups in total. The normalized spacial score (nSPS) is 19.8. The lowest BCUT2D eigenvalue weighted by molar-refractivity contribution is -0.110. The summed E-state index contributed by atoms with van der Waals surface area (Å²) in [5.74, 6) is -0.0805. The maximum atomic E-state index is 13.4. The Balaban J connectivity index is 1.31. The van der Waals surface area contributed by atoms with Crippen molar-refractivity contribution in [3.8, 4) is 5.88 Å². The molecule has 1 aromatic carbocycles. The first-order valence-corrected chi connectivity index (χ1v) is 16.3. The van der Waals surface area contributed by atoms with Gasteiger partial charge in [-0.05, 0) is 51.1 Å². The van der Waals surface area contributed by atoms with Gasteiger partial charge in [0.1, 0.15) is 17.0 Å². The van der Waals surface area contributed by atoms with Crippen molar-refractivity contribution in [2.45, 2.75) is 42.7 Å². The number of likely N-dealkylation sites (tertiary alicyclic amines) is 1. The quantitative estimate of drug-likeness (QED) is 0.173. The van der Waals surface area contributed by atoms with Gasteiger partial charge in [-0.3, -0.25) is 10.1 Å². The van der Waals surface area contributed by atoms with Crippen LogP contribution >= 0.6 is 11.3 Å². The molecule has 42 heavy (non-hydrogen) atoms. The number of fused-ring (bicyclic) bond motifs is 1. The molecule has 4 heterocycles. The number of hydrogen-bond donors (Lipinski definition) is 1. The molecule has 14 heteroatoms. The maximum absolute atomic E-state index is 13.4. The number of carbonyl (C=O) groups is 1. The van der Waals surface area contributed by atoms with Crippen molar-refractivity contribution < 1.29 is 32.3 Å². The lowest BCUT2D eigenvalue weighted by Gasteiger charge is -2.19. The molecular formula is C28H35N5O7S2. The molecule has 2 aliphatic heterocycles. The van der Waals surface area contributed by atoms with Crippen LogP contribution in [0.25, 0.3) is 10.3 Å². The minimum absolute atomic E-state index is 0.0119. The number of methoxy groups -OCH3 is 1. The Labute approximate surface area is 248 Å². The van der Waals surface area contributed by atoms with Crippen LogP contribution in [0.2, 0.25) is 0 Å². The number of carbonyl (C=O) groups excluding carboxylic acids is 1. The Morgan fingerprint density at radius 2 is 2.02 bits per heavy atom. The number of nitrogens with zero attached hydrogens (tertiary/aromatic N) is 4. The Hall–Kier alpha value is -3.17. The van der Waals surface area contributed by atoms with Gasteiger partial charge in [-0.2, -0.15) is 0 Å². The van der Waals surface area contributed by atoms with E-state index in [0.29, 0.717) is 72.2 Å². The minimum Gasteiger partial charge on any atom is -0.476 e. The summed E-state index contributed by atoms with van der Waals surface area (Å²) in [5.41, 5.74) is 1.01. The monoisotopic (exact) mass is 617 g/mol. The molecule has 2 fully saturated rings. The Kier molecular flexibility index (Phi) is 10.0. The number of oxime groups is 1. The molecule has 2 aliphatic rings. The van der Waals surface area contributed by atoms with Gasteiger partial charge in [0, 0.05) is 37.8 Å². The van der Waals surface area contributed by atoms with Crippen LogP contribution in [0.15, 0.2) is 46.4 Å². The number of ether oxygens (including phenoxy) is 3. The molecule has 12 nitrogen and oxygen atoms in total. The fourth-order valence-corrected chi connectivity index (χ4v) is 6.85. The van der Waals surface area contributed by atoms with E-state index in [1.165, 1.54) is 30.6 Å². The first kappa shape index (κ1) is 30.3. The van der Waals surface area contributed by atoms with E-state index in [1.807, 2.05) is 6.07 Å². The molecule has 5 rings (SSSR count). The van der Waals surface area contributed by atoms with Crippen molar-refractivity contribution in [2.24, 2.45) is 5.16 Å². The molecule has 226 valence electrons. The van der Waals surface area contributed by atoms with E-state index in [4.69, 9.17) is 19.0 Å². The van der Waals surface area contributed by atoms with Gasteiger partial charge in [-0.25, -0.2) is 18.4 Å². The number of aromatic nitrogens is 2. The van der Waals surface area contributed by atoms with Gasteiger partial charge in [-0.1, -0.05) is 28.6 Å². The summed E-state index contributed by atoms with van der Waals surface area (Å²) in [5, 5.41) is 7.29. The zero-order valence-electron chi connectivity index (χ0n) is 23.7. The van der Waals surface area contributed by atoms with Crippen molar-refractivity contribution in [2.75, 3.05) is 58.2 Å². The number of pyridine rings is 1. The molecule has 2 saturated heterocycles. The number of nitrogens with one attached hydrogen (secondary N) is 1. The van der Waals surface area contributed by atoms with E-state index < -0.39 is 15.7 Å². The molecule has 1 amide bonds. The van der Waals surface area contributed by atoms with Crippen LogP contribution in [0.1, 0.15) is 31.2 Å². The Morgan fingerprint density at radius 1 is 1.19 bits per heavy atom. The van der Waals surface area contributed by atoms with Crippen LogP contribution in [-0.4, -0.2) is 99.9 Å². The first-order chi connectivity index (χ1) is 20.3. The van der Waals surface area contributed by atoms with Crippen LogP contribution in [0.5, 0.6) is 5.88 Å². The number of sulfone groups is 1. The van der Waals surface area contributed by atoms with Crippen LogP contribution in [0.3, 0.4) is 0 Å². The SMILES string of the molecule is COCCCS(=O)(=O)c1ccc(/C(=N\O[C@@H]2CCOC2)C(=O)Nc2nc3ccc(OC[C@@H]4CCCN4C)nc3s2)cc1. The highest BCUT2D eigenvalue weighted by molar-refractivity contribution is 7.91. The highest BCUT2D eigenvalue weighted by Crippen LogP contribution is 2.27. The molecule has 3 aromatic rings. The predicted octanol–water partition coefficient (Wildman–Crippen LogP) is 3.12. The van der Waals surface area contributed by atoms with Gasteiger partial charge in [0.15, 0.2) is 26.8 Å². The minimum atomic E-state index is -3.50. The number of anilines is 1. The number of amides is 1. The van der Waals surface area contributed by atoms with Crippen LogP contribution < -0.4 is 10.1 Å². The average molecular weight is 618 g/mol. The van der Waals surface area contributed by atoms with E-state index in [1.54, 1.807) is 18.2 Å². The average Bonchev–Trinajstić information content (AvgIpc) is 3.73. The molecule has 0 radical (unpaired) electrons. The van der Waals surface area contributed by atoms with E-state index in [-0.39, 0.29) is 22.5 Å². The van der Waals surface area contributed by atoms with E-state index in [2.05, 4.69) is 32.4 Å². The molecule has 2 aromatic heterocycles. The third kappa shape index (κ3) is 7.61. The van der Waals surface area contributed by atoms with Crippen LogP contribution in [0.4, 0.5) is 5.13 Å². The van der Waals surface area contributed by atoms with Gasteiger partial charge in [0.05, 0.1) is 23.9 Å². The number of thiazole rings is 1. The summed E-state index contributed by atoms with van der Waals surface area (Å²) in [7, 11) is 0.131. The number of rotatable bonds is 13. The van der Waals surface area contributed by atoms with Crippen molar-refractivity contribution in [3.05, 3.63) is 42.0 Å². The summed E-state index contributed by atoms with van der Waals surface area (Å²) in [6.07, 6.45) is 3.03. The summed E-state index contributed by atoms with van der Waals surface area (Å²) in [4.78, 5) is 31.2. The molecular weight excluding hydrogens is 582 g/mol. The molecule has 0 saturated carbocycles. The third-order valence-corrected chi connectivity index (χ3v) is 9.89. The van der Waals surface area contributed by atoms with Crippen molar-refractivity contribution in [1.82, 2.24) is 14.9 Å². The third-order valence-electron chi connectivity index (χ3n) is 7.19. The summed E-state index contributed by atoms with van der Waals surface area (Å²) < 4.78 is 41.6. The standard InChI is InChI=1S/C28H35N5O7S2/c1-33-13-3-5-20(33)17-39-24-11-10-23-27(30-24)41-28(29-23)31-26(34)25(32-40-21-12-15-38-18-21)19-6-8-22(9-7-19)42(35,36)16-4-14-37-2/h6-11,20-21H,3-5,12-18H2,1-2H3,(H,29,31,34)/b32-25+/t20-,21+/m0/s1. The Morgan fingerprint density at radius 3 is 2.74 bits per heavy atom. The highest BCUT2D eigenvalue weighted by atomic mass is 32.2. The number of hydrogen-bond acceptors (Lipinski definition) is 12. The zero-order valence-corrected chi connectivity index (χ0v) is 25.3. The molecule has 0 bridgehead atoms. The smallest absolute Gasteiger partial charge is 0.280 e. The first-order valence-electron chi connectivity index (χ1n) is 13.9. The lowest BCUT2D eigenvalue weighted by atomic mass is 10.1. The fourth-order valence-electron chi connectivity index (χ4n) is 4.74. The second kappa shape index (κ2) is 13.9. The van der Waals surface area contributed by atoms with Gasteiger partial charge < -0.3 is 23.9 Å². The van der Waals surface area contributed by atoms with Crippen molar-refractivity contribution in [1.29, 1.82) is 0 Å². The molecule has 0 aliphatic carbocycles. The molecule has 0 unspecified atom stereocenters. The zero-order chi connectivity index (χ0) is 29.5. The second-order valence-corrected chi connectivity index (χ2v) is 13.3. The van der Waals surface area contributed by atoms with E-state index in [0.717, 1.165) is 19.4 Å². The number of likely N-dealkylation sites (N-methyl/N-ethyl adjacent to an activating group) is 1. The summed E-state index contributed by atoms with van der Waals surface area (Å²) in [6.45, 7) is 2.92.